The minimum Gasteiger partial charge on any atom is -0.378 e. The largest absolute Gasteiger partial charge is 0.378 e. The van der Waals surface area contributed by atoms with E-state index in [1.807, 2.05) is 43.3 Å². The summed E-state index contributed by atoms with van der Waals surface area (Å²) in [7, 11) is 3.13. The zero-order chi connectivity index (χ0) is 17.7. The minimum absolute atomic E-state index is 0.339. The highest BCUT2D eigenvalue weighted by atomic mass is 31.2. The van der Waals surface area contributed by atoms with E-state index in [-0.39, 0.29) is 5.82 Å². The highest BCUT2D eigenvalue weighted by Crippen LogP contribution is 2.59. The summed E-state index contributed by atoms with van der Waals surface area (Å²) >= 11 is 0. The molecule has 0 unspecified atom stereocenters. The molecule has 0 aromatic heterocycles. The fourth-order valence-electron chi connectivity index (χ4n) is 2.29. The Kier molecular flexibility index (Phi) is 5.99. The highest BCUT2D eigenvalue weighted by Gasteiger charge is 2.35. The molecule has 130 valence electrons. The Bertz CT molecular complexity index is 697. The van der Waals surface area contributed by atoms with Gasteiger partial charge in [-0.3, -0.25) is 4.57 Å². The van der Waals surface area contributed by atoms with E-state index in [4.69, 9.17) is 9.05 Å². The van der Waals surface area contributed by atoms with Gasteiger partial charge in [-0.05, 0) is 42.0 Å². The lowest BCUT2D eigenvalue weighted by Crippen LogP contribution is -2.14. The monoisotopic (exact) mass is 352 g/mol. The number of anilines is 2. The van der Waals surface area contributed by atoms with Crippen LogP contribution in [0.2, 0.25) is 0 Å². The van der Waals surface area contributed by atoms with Crippen LogP contribution in [0.25, 0.3) is 0 Å². The molecule has 0 aliphatic heterocycles. The van der Waals surface area contributed by atoms with E-state index in [0.29, 0.717) is 5.69 Å². The Labute approximate surface area is 141 Å². The lowest BCUT2D eigenvalue weighted by Gasteiger charge is -2.27. The standard InChI is InChI=1S/C17H22FN2O3P/c1-20(2)16-11-5-13(6-12-16)17(24(21,22-3)23-4)19-15-9-7-14(18)8-10-15/h5-12,17,19H,1-4H3/t17-/m1/s1. The van der Waals surface area contributed by atoms with Crippen molar-refractivity contribution >= 4 is 19.0 Å². The summed E-state index contributed by atoms with van der Waals surface area (Å²) in [5, 5.41) is 3.12. The number of rotatable bonds is 7. The SMILES string of the molecule is COP(=O)(OC)[C@@H](Nc1ccc(F)cc1)c1ccc(N(C)C)cc1. The fourth-order valence-corrected chi connectivity index (χ4v) is 3.70. The molecule has 0 fully saturated rings. The Balaban J connectivity index is 2.38. The van der Waals surface area contributed by atoms with E-state index < -0.39 is 13.4 Å². The molecule has 0 spiro atoms. The van der Waals surface area contributed by atoms with Crippen molar-refractivity contribution in [1.29, 1.82) is 0 Å². The van der Waals surface area contributed by atoms with Crippen LogP contribution in [0, 0.1) is 5.82 Å². The lowest BCUT2D eigenvalue weighted by atomic mass is 10.2. The molecular weight excluding hydrogens is 330 g/mol. The number of nitrogens with one attached hydrogen (secondary N) is 1. The van der Waals surface area contributed by atoms with Crippen molar-refractivity contribution in [3.63, 3.8) is 0 Å². The first-order valence-electron chi connectivity index (χ1n) is 7.40. The van der Waals surface area contributed by atoms with Crippen LogP contribution in [0.5, 0.6) is 0 Å². The molecule has 0 bridgehead atoms. The maximum atomic E-state index is 13.1. The summed E-state index contributed by atoms with van der Waals surface area (Å²) in [5.41, 5.74) is 2.38. The van der Waals surface area contributed by atoms with Crippen molar-refractivity contribution in [2.24, 2.45) is 0 Å². The molecule has 0 saturated heterocycles. The molecule has 1 atom stereocenters. The first-order chi connectivity index (χ1) is 11.4. The van der Waals surface area contributed by atoms with Gasteiger partial charge >= 0.3 is 7.60 Å². The smallest absolute Gasteiger partial charge is 0.356 e. The van der Waals surface area contributed by atoms with Crippen molar-refractivity contribution in [2.45, 2.75) is 5.78 Å². The quantitative estimate of drug-likeness (QED) is 0.744. The van der Waals surface area contributed by atoms with Gasteiger partial charge in [-0.2, -0.15) is 0 Å². The fraction of sp³-hybridized carbons (Fsp3) is 0.294. The van der Waals surface area contributed by atoms with Crippen LogP contribution in [0.3, 0.4) is 0 Å². The summed E-state index contributed by atoms with van der Waals surface area (Å²) in [6.07, 6.45) is 0. The molecule has 0 saturated carbocycles. The van der Waals surface area contributed by atoms with Crippen LogP contribution in [-0.4, -0.2) is 28.3 Å². The third kappa shape index (κ3) is 4.15. The van der Waals surface area contributed by atoms with E-state index in [1.54, 1.807) is 12.1 Å². The van der Waals surface area contributed by atoms with Crippen molar-refractivity contribution in [3.8, 4) is 0 Å². The molecule has 2 aromatic rings. The van der Waals surface area contributed by atoms with Crippen molar-refractivity contribution in [2.75, 3.05) is 38.5 Å². The second-order valence-electron chi connectivity index (χ2n) is 5.44. The first kappa shape index (κ1) is 18.5. The van der Waals surface area contributed by atoms with E-state index in [0.717, 1.165) is 11.3 Å². The normalized spacial score (nSPS) is 12.7. The van der Waals surface area contributed by atoms with Crippen LogP contribution in [0.1, 0.15) is 11.3 Å². The Morgan fingerprint density at radius 3 is 2.00 bits per heavy atom. The molecule has 0 heterocycles. The summed E-state index contributed by atoms with van der Waals surface area (Å²) in [5.74, 6) is -1.05. The topological polar surface area (TPSA) is 50.8 Å². The number of hydrogen-bond donors (Lipinski definition) is 1. The van der Waals surface area contributed by atoms with Crippen LogP contribution in [0.4, 0.5) is 15.8 Å². The van der Waals surface area contributed by atoms with Crippen molar-refractivity contribution in [3.05, 3.63) is 59.9 Å². The zero-order valence-corrected chi connectivity index (χ0v) is 15.1. The summed E-state index contributed by atoms with van der Waals surface area (Å²) < 4.78 is 36.4. The zero-order valence-electron chi connectivity index (χ0n) is 14.2. The number of halogens is 1. The van der Waals surface area contributed by atoms with E-state index in [9.17, 15) is 8.96 Å². The highest BCUT2D eigenvalue weighted by molar-refractivity contribution is 7.54. The van der Waals surface area contributed by atoms with Gasteiger partial charge in [-0.25, -0.2) is 4.39 Å². The molecule has 0 aliphatic rings. The third-order valence-corrected chi connectivity index (χ3v) is 5.78. The maximum Gasteiger partial charge on any atom is 0.356 e. The number of benzene rings is 2. The van der Waals surface area contributed by atoms with Crippen LogP contribution >= 0.6 is 7.60 Å². The van der Waals surface area contributed by atoms with Crippen LogP contribution in [-0.2, 0) is 13.6 Å². The molecule has 0 amide bonds. The van der Waals surface area contributed by atoms with E-state index in [2.05, 4.69) is 5.32 Å². The Morgan fingerprint density at radius 1 is 1.00 bits per heavy atom. The third-order valence-electron chi connectivity index (χ3n) is 3.70. The Morgan fingerprint density at radius 2 is 1.54 bits per heavy atom. The number of nitrogens with zero attached hydrogens (tertiary/aromatic N) is 1. The molecule has 0 radical (unpaired) electrons. The molecule has 0 aliphatic carbocycles. The first-order valence-corrected chi connectivity index (χ1v) is 9.01. The number of hydrogen-bond acceptors (Lipinski definition) is 5. The average Bonchev–Trinajstić information content (AvgIpc) is 2.60. The molecule has 1 N–H and O–H groups in total. The summed E-state index contributed by atoms with van der Waals surface area (Å²) in [6.45, 7) is 0. The second kappa shape index (κ2) is 7.79. The minimum atomic E-state index is -3.45. The predicted molar refractivity (Wildman–Crippen MR) is 95.2 cm³/mol. The van der Waals surface area contributed by atoms with Gasteiger partial charge in [0.1, 0.15) is 5.82 Å². The van der Waals surface area contributed by atoms with Gasteiger partial charge in [-0.1, -0.05) is 12.1 Å². The molecule has 2 rings (SSSR count). The van der Waals surface area contributed by atoms with Gasteiger partial charge < -0.3 is 19.3 Å². The molecule has 24 heavy (non-hydrogen) atoms. The Hall–Kier alpha value is -1.88. The van der Waals surface area contributed by atoms with Crippen LogP contribution < -0.4 is 10.2 Å². The van der Waals surface area contributed by atoms with Gasteiger partial charge in [0.25, 0.3) is 0 Å². The van der Waals surface area contributed by atoms with Gasteiger partial charge in [0.05, 0.1) is 0 Å². The van der Waals surface area contributed by atoms with Gasteiger partial charge in [-0.15, -0.1) is 0 Å². The maximum absolute atomic E-state index is 13.1. The summed E-state index contributed by atoms with van der Waals surface area (Å²) in [4.78, 5) is 1.97. The molecular formula is C17H22FN2O3P. The summed E-state index contributed by atoms with van der Waals surface area (Å²) in [6, 6.07) is 13.4. The molecule has 2 aromatic carbocycles. The van der Waals surface area contributed by atoms with Gasteiger partial charge in [0.15, 0.2) is 5.78 Å². The predicted octanol–water partition coefficient (Wildman–Crippen LogP) is 4.49. The lowest BCUT2D eigenvalue weighted by molar-refractivity contribution is 0.268. The van der Waals surface area contributed by atoms with Gasteiger partial charge in [0.2, 0.25) is 0 Å². The average molecular weight is 352 g/mol. The van der Waals surface area contributed by atoms with Crippen LogP contribution in [0.15, 0.2) is 48.5 Å². The molecule has 5 nitrogen and oxygen atoms in total. The molecule has 7 heteroatoms. The van der Waals surface area contributed by atoms with Crippen molar-refractivity contribution < 1.29 is 18.0 Å². The van der Waals surface area contributed by atoms with Gasteiger partial charge in [0, 0.05) is 39.7 Å². The van der Waals surface area contributed by atoms with E-state index in [1.165, 1.54) is 26.4 Å². The second-order valence-corrected chi connectivity index (χ2v) is 7.77. The van der Waals surface area contributed by atoms with Crippen molar-refractivity contribution in [1.82, 2.24) is 0 Å². The van der Waals surface area contributed by atoms with E-state index >= 15 is 0 Å².